The number of hydrogen-bond acceptors (Lipinski definition) is 5. The molecule has 0 aromatic heterocycles. The van der Waals surface area contributed by atoms with Crippen LogP contribution in [0.5, 0.6) is 0 Å². The van der Waals surface area contributed by atoms with Gasteiger partial charge in [0.25, 0.3) is 0 Å². The van der Waals surface area contributed by atoms with Crippen molar-refractivity contribution in [2.75, 3.05) is 45.2 Å². The van der Waals surface area contributed by atoms with Gasteiger partial charge in [0, 0.05) is 37.2 Å². The third kappa shape index (κ3) is 6.18. The Morgan fingerprint density at radius 1 is 1.29 bits per heavy atom. The maximum Gasteiger partial charge on any atom is 0.490 e. The highest BCUT2D eigenvalue weighted by Gasteiger charge is 2.48. The van der Waals surface area contributed by atoms with Crippen LogP contribution in [0, 0.1) is 16.7 Å². The van der Waals surface area contributed by atoms with E-state index in [4.69, 9.17) is 15.2 Å². The van der Waals surface area contributed by atoms with Crippen LogP contribution >= 0.6 is 0 Å². The van der Waals surface area contributed by atoms with Gasteiger partial charge in [-0.15, -0.1) is 0 Å². The maximum atomic E-state index is 12.5. The van der Waals surface area contributed by atoms with E-state index in [0.717, 1.165) is 12.1 Å². The van der Waals surface area contributed by atoms with Gasteiger partial charge in [-0.05, 0) is 38.7 Å². The Hall–Kier alpha value is -3.13. The van der Waals surface area contributed by atoms with Crippen LogP contribution in [-0.4, -0.2) is 79.1 Å². The predicted octanol–water partition coefficient (Wildman–Crippen LogP) is 1.71. The van der Waals surface area contributed by atoms with Crippen LogP contribution in [0.1, 0.15) is 18.4 Å². The fraction of sp³-hybridized carbons (Fsp3) is 0.500. The van der Waals surface area contributed by atoms with Crippen molar-refractivity contribution >= 4 is 23.5 Å². The second kappa shape index (κ2) is 9.34. The van der Waals surface area contributed by atoms with Gasteiger partial charge >= 0.3 is 12.1 Å². The van der Waals surface area contributed by atoms with Crippen molar-refractivity contribution in [3.8, 4) is 6.07 Å². The van der Waals surface area contributed by atoms with Crippen LogP contribution in [0.2, 0.25) is 0 Å². The van der Waals surface area contributed by atoms with Crippen LogP contribution in [0.4, 0.5) is 18.9 Å². The molecule has 2 fully saturated rings. The zero-order chi connectivity index (χ0) is 23.4. The van der Waals surface area contributed by atoms with Crippen molar-refractivity contribution in [2.24, 2.45) is 5.41 Å². The number of aliphatic carboxylic acids is 1. The number of nitriles is 1. The fourth-order valence-corrected chi connectivity index (χ4v) is 3.67. The van der Waals surface area contributed by atoms with Gasteiger partial charge in [-0.25, -0.2) is 4.79 Å². The molecule has 31 heavy (non-hydrogen) atoms. The molecule has 1 unspecified atom stereocenters. The predicted molar refractivity (Wildman–Crippen MR) is 104 cm³/mol. The summed E-state index contributed by atoms with van der Waals surface area (Å²) in [6, 6.07) is 9.26. The van der Waals surface area contributed by atoms with E-state index in [0.29, 0.717) is 38.2 Å². The summed E-state index contributed by atoms with van der Waals surface area (Å²) in [7, 11) is 3.76. The highest BCUT2D eigenvalue weighted by molar-refractivity contribution is 5.96. The van der Waals surface area contributed by atoms with Crippen molar-refractivity contribution in [2.45, 2.75) is 19.0 Å². The number of carbonyl (C=O) groups is 3. The molecule has 2 amide bonds. The summed E-state index contributed by atoms with van der Waals surface area (Å²) in [6.07, 6.45) is -3.76. The number of carbonyl (C=O) groups excluding carboxylic acids is 2. The molecule has 2 aliphatic heterocycles. The number of alkyl halides is 3. The Balaban J connectivity index is 0.000000423. The number of rotatable bonds is 3. The summed E-state index contributed by atoms with van der Waals surface area (Å²) < 4.78 is 31.7. The monoisotopic (exact) mass is 440 g/mol. The Morgan fingerprint density at radius 3 is 2.48 bits per heavy atom. The Labute approximate surface area is 177 Å². The quantitative estimate of drug-likeness (QED) is 0.767. The van der Waals surface area contributed by atoms with Crippen molar-refractivity contribution in [1.82, 2.24) is 9.80 Å². The van der Waals surface area contributed by atoms with E-state index in [1.165, 1.54) is 0 Å². The summed E-state index contributed by atoms with van der Waals surface area (Å²) >= 11 is 0. The molecule has 2 aliphatic rings. The number of hydrogen-bond donors (Lipinski definition) is 1. The highest BCUT2D eigenvalue weighted by Crippen LogP contribution is 2.41. The minimum absolute atomic E-state index is 0.0759. The third-order valence-electron chi connectivity index (χ3n) is 5.09. The van der Waals surface area contributed by atoms with Gasteiger partial charge in [0.1, 0.15) is 0 Å². The molecule has 1 N–H and O–H groups in total. The number of likely N-dealkylation sites (N-methyl/N-ethyl adjacent to an activating group) is 1. The van der Waals surface area contributed by atoms with Gasteiger partial charge in [0.2, 0.25) is 11.8 Å². The number of benzene rings is 1. The first kappa shape index (κ1) is 24.1. The van der Waals surface area contributed by atoms with E-state index >= 15 is 0 Å². The van der Waals surface area contributed by atoms with Crippen LogP contribution in [-0.2, 0) is 14.4 Å². The molecule has 1 aromatic carbocycles. The van der Waals surface area contributed by atoms with Crippen molar-refractivity contribution in [3.05, 3.63) is 29.8 Å². The van der Waals surface area contributed by atoms with E-state index < -0.39 is 12.1 Å². The molecule has 1 atom stereocenters. The van der Waals surface area contributed by atoms with Gasteiger partial charge in [-0.2, -0.15) is 18.4 Å². The number of carboxylic acids is 1. The fourth-order valence-electron chi connectivity index (χ4n) is 3.67. The molecule has 1 spiro atoms. The molecule has 0 bridgehead atoms. The third-order valence-corrected chi connectivity index (χ3v) is 5.09. The summed E-state index contributed by atoms with van der Waals surface area (Å²) in [4.78, 5) is 39.2. The number of amides is 2. The molecule has 8 nitrogen and oxygen atoms in total. The summed E-state index contributed by atoms with van der Waals surface area (Å²) in [5.41, 5.74) is 1.17. The normalized spacial score (nSPS) is 20.6. The van der Waals surface area contributed by atoms with Gasteiger partial charge in [0.15, 0.2) is 0 Å². The standard InChI is InChI=1S/C18H22N4O2.C2HF3O2/c1-20(2)11-17(24)21-7-6-18(12-21)9-16(23)22(13-18)15-5-3-4-14(8-15)10-19;3-2(4,5)1(6)7/h3-5,8H,6-7,9,11-13H2,1-2H3;(H,6,7). The van der Waals surface area contributed by atoms with Crippen LogP contribution in [0.3, 0.4) is 0 Å². The second-order valence-corrected chi connectivity index (χ2v) is 7.92. The smallest absolute Gasteiger partial charge is 0.475 e. The largest absolute Gasteiger partial charge is 0.490 e. The lowest BCUT2D eigenvalue weighted by molar-refractivity contribution is -0.192. The van der Waals surface area contributed by atoms with Crippen molar-refractivity contribution < 1.29 is 32.7 Å². The Morgan fingerprint density at radius 2 is 1.94 bits per heavy atom. The molecule has 11 heteroatoms. The first-order valence-electron chi connectivity index (χ1n) is 9.40. The zero-order valence-corrected chi connectivity index (χ0v) is 17.1. The molecule has 3 rings (SSSR count). The molecule has 2 heterocycles. The van der Waals surface area contributed by atoms with E-state index in [1.807, 2.05) is 30.0 Å². The number of likely N-dealkylation sites (tertiary alicyclic amines) is 1. The van der Waals surface area contributed by atoms with E-state index in [-0.39, 0.29) is 17.2 Å². The van der Waals surface area contributed by atoms with Crippen molar-refractivity contribution in [3.63, 3.8) is 0 Å². The van der Waals surface area contributed by atoms with Gasteiger partial charge in [-0.3, -0.25) is 9.59 Å². The van der Waals surface area contributed by atoms with Gasteiger partial charge in [0.05, 0.1) is 18.2 Å². The molecule has 0 aliphatic carbocycles. The van der Waals surface area contributed by atoms with Gasteiger partial charge in [-0.1, -0.05) is 6.07 Å². The van der Waals surface area contributed by atoms with Crippen LogP contribution in [0.15, 0.2) is 24.3 Å². The lowest BCUT2D eigenvalue weighted by Crippen LogP contribution is -2.38. The molecule has 1 aromatic rings. The summed E-state index contributed by atoms with van der Waals surface area (Å²) in [5, 5.41) is 16.2. The number of anilines is 1. The second-order valence-electron chi connectivity index (χ2n) is 7.92. The molecule has 2 saturated heterocycles. The van der Waals surface area contributed by atoms with E-state index in [9.17, 15) is 22.8 Å². The van der Waals surface area contributed by atoms with Crippen LogP contribution in [0.25, 0.3) is 0 Å². The van der Waals surface area contributed by atoms with Gasteiger partial charge < -0.3 is 19.8 Å². The molecule has 0 saturated carbocycles. The first-order chi connectivity index (χ1) is 14.4. The molecule has 0 radical (unpaired) electrons. The SMILES string of the molecule is CN(C)CC(=O)N1CCC2(CC(=O)N(c3cccc(C#N)c3)C2)C1.O=C(O)C(F)(F)F. The summed E-state index contributed by atoms with van der Waals surface area (Å²) in [5.74, 6) is -2.56. The molecular weight excluding hydrogens is 417 g/mol. The first-order valence-corrected chi connectivity index (χ1v) is 9.40. The lowest BCUT2D eigenvalue weighted by Gasteiger charge is -2.25. The molecule has 168 valence electrons. The average molecular weight is 440 g/mol. The average Bonchev–Trinajstić information content (AvgIpc) is 3.24. The minimum Gasteiger partial charge on any atom is -0.475 e. The van der Waals surface area contributed by atoms with E-state index in [1.54, 1.807) is 23.1 Å². The topological polar surface area (TPSA) is 105 Å². The molecular formula is C20H23F3N4O4. The maximum absolute atomic E-state index is 12.5. The lowest BCUT2D eigenvalue weighted by atomic mass is 9.86. The number of carboxylic acid groups (broad SMARTS) is 1. The Kier molecular flexibility index (Phi) is 7.28. The Bertz CT molecular complexity index is 897. The minimum atomic E-state index is -5.08. The number of nitrogens with zero attached hydrogens (tertiary/aromatic N) is 4. The van der Waals surface area contributed by atoms with Crippen molar-refractivity contribution in [1.29, 1.82) is 5.26 Å². The van der Waals surface area contributed by atoms with E-state index in [2.05, 4.69) is 6.07 Å². The zero-order valence-electron chi connectivity index (χ0n) is 17.1. The number of halogens is 3. The van der Waals surface area contributed by atoms with Crippen LogP contribution < -0.4 is 4.90 Å². The highest BCUT2D eigenvalue weighted by atomic mass is 19.4. The summed E-state index contributed by atoms with van der Waals surface area (Å²) in [6.45, 7) is 2.37.